The third kappa shape index (κ3) is 4.41. The van der Waals surface area contributed by atoms with Gasteiger partial charge in [0.05, 0.1) is 28.8 Å². The summed E-state index contributed by atoms with van der Waals surface area (Å²) in [4.78, 5) is 18.3. The number of nitrogens with zero attached hydrogens (tertiary/aromatic N) is 6. The Balaban J connectivity index is 1.57. The third-order valence-corrected chi connectivity index (χ3v) is 5.87. The molecule has 1 unspecified atom stereocenters. The van der Waals surface area contributed by atoms with Crippen molar-refractivity contribution in [2.75, 3.05) is 5.32 Å². The van der Waals surface area contributed by atoms with Crippen LogP contribution in [0.5, 0.6) is 0 Å². The van der Waals surface area contributed by atoms with Gasteiger partial charge in [0.25, 0.3) is 5.69 Å². The molecule has 0 aliphatic carbocycles. The van der Waals surface area contributed by atoms with Crippen molar-refractivity contribution < 1.29 is 4.92 Å². The zero-order valence-electron chi connectivity index (χ0n) is 17.4. The van der Waals surface area contributed by atoms with Gasteiger partial charge in [-0.1, -0.05) is 41.4 Å². The number of imidazole rings is 1. The largest absolute Gasteiger partial charge is 0.371 e. The number of benzene rings is 3. The van der Waals surface area contributed by atoms with Crippen LogP contribution in [0.25, 0.3) is 11.0 Å². The number of aromatic nitrogens is 6. The number of fused-ring (bicyclic) bond motifs is 1. The third-order valence-electron chi connectivity index (χ3n) is 5.29. The van der Waals surface area contributed by atoms with Crippen molar-refractivity contribution in [3.63, 3.8) is 0 Å². The van der Waals surface area contributed by atoms with Crippen LogP contribution in [0.15, 0.2) is 67.0 Å². The van der Waals surface area contributed by atoms with E-state index in [2.05, 4.69) is 30.8 Å². The van der Waals surface area contributed by atoms with Gasteiger partial charge in [-0.05, 0) is 58.0 Å². The first-order valence-corrected chi connectivity index (χ1v) is 10.9. The van der Waals surface area contributed by atoms with E-state index in [1.54, 1.807) is 29.2 Å². The van der Waals surface area contributed by atoms with E-state index in [1.807, 2.05) is 30.3 Å². The average Bonchev–Trinajstić information content (AvgIpc) is 3.48. The van der Waals surface area contributed by atoms with Gasteiger partial charge in [-0.3, -0.25) is 10.1 Å². The second-order valence-electron chi connectivity index (χ2n) is 7.50. The predicted molar refractivity (Wildman–Crippen MR) is 128 cm³/mol. The van der Waals surface area contributed by atoms with Crippen molar-refractivity contribution in [1.29, 1.82) is 0 Å². The molecule has 5 rings (SSSR count). The van der Waals surface area contributed by atoms with E-state index < -0.39 is 11.0 Å². The fraction of sp³-hybridized carbons (Fsp3) is 0.0909. The van der Waals surface area contributed by atoms with E-state index in [0.717, 1.165) is 22.3 Å². The zero-order chi connectivity index (χ0) is 23.7. The number of rotatable bonds is 7. The molecule has 0 saturated carbocycles. The standard InChI is InChI=1S/C22H16Cl2N8O2/c23-15-4-1-13(2-5-15)11-31-22(28-29-30-31)21(14-3-7-17(24)20(9-14)32(33)34)27-16-6-8-18-19(10-16)26-12-25-18/h1-10,12,21,27H,11H2,(H,25,26). The van der Waals surface area contributed by atoms with E-state index >= 15 is 0 Å². The Kier molecular flexibility index (Phi) is 5.83. The molecule has 0 aliphatic rings. The summed E-state index contributed by atoms with van der Waals surface area (Å²) < 4.78 is 1.63. The van der Waals surface area contributed by atoms with E-state index in [1.165, 1.54) is 12.1 Å². The summed E-state index contributed by atoms with van der Waals surface area (Å²) in [5.41, 5.74) is 3.72. The smallest absolute Gasteiger partial charge is 0.288 e. The number of anilines is 1. The van der Waals surface area contributed by atoms with Crippen LogP contribution in [0.3, 0.4) is 0 Å². The first kappa shape index (κ1) is 21.8. The Morgan fingerprint density at radius 1 is 1.09 bits per heavy atom. The maximum absolute atomic E-state index is 11.5. The van der Waals surface area contributed by atoms with Gasteiger partial charge in [0.1, 0.15) is 11.1 Å². The van der Waals surface area contributed by atoms with E-state index in [-0.39, 0.29) is 10.7 Å². The normalized spacial score (nSPS) is 12.1. The Morgan fingerprint density at radius 3 is 2.71 bits per heavy atom. The SMILES string of the molecule is O=[N+]([O-])c1cc(C(Nc2ccc3nc[nH]c3c2)c2nnnn2Cc2ccc(Cl)cc2)ccc1Cl. The molecule has 1 atom stereocenters. The highest BCUT2D eigenvalue weighted by Gasteiger charge is 2.25. The molecule has 170 valence electrons. The maximum atomic E-state index is 11.5. The number of nitro benzene ring substituents is 1. The van der Waals surface area contributed by atoms with Crippen molar-refractivity contribution in [2.45, 2.75) is 12.6 Å². The lowest BCUT2D eigenvalue weighted by Gasteiger charge is -2.20. The van der Waals surface area contributed by atoms with Crippen molar-refractivity contribution in [2.24, 2.45) is 0 Å². The molecule has 2 aromatic heterocycles. The highest BCUT2D eigenvalue weighted by Crippen LogP contribution is 2.32. The van der Waals surface area contributed by atoms with Crippen LogP contribution >= 0.6 is 23.2 Å². The molecular formula is C22H16Cl2N8O2. The fourth-order valence-electron chi connectivity index (χ4n) is 3.63. The highest BCUT2D eigenvalue weighted by molar-refractivity contribution is 6.32. The summed E-state index contributed by atoms with van der Waals surface area (Å²) in [6.07, 6.45) is 1.61. The van der Waals surface area contributed by atoms with Gasteiger partial charge in [-0.2, -0.15) is 0 Å². The van der Waals surface area contributed by atoms with Gasteiger partial charge >= 0.3 is 0 Å². The van der Waals surface area contributed by atoms with Crippen molar-refractivity contribution in [3.8, 4) is 0 Å². The predicted octanol–water partition coefficient (Wildman–Crippen LogP) is 5.01. The van der Waals surface area contributed by atoms with Crippen LogP contribution < -0.4 is 5.32 Å². The summed E-state index contributed by atoms with van der Waals surface area (Å²) in [5.74, 6) is 0.469. The van der Waals surface area contributed by atoms with Crippen molar-refractivity contribution in [3.05, 3.63) is 104 Å². The molecule has 12 heteroatoms. The van der Waals surface area contributed by atoms with Gasteiger partial charge in [-0.25, -0.2) is 9.67 Å². The molecule has 2 N–H and O–H groups in total. The second kappa shape index (κ2) is 9.08. The molecule has 5 aromatic rings. The molecule has 0 aliphatic heterocycles. The lowest BCUT2D eigenvalue weighted by Crippen LogP contribution is -2.19. The van der Waals surface area contributed by atoms with Crippen LogP contribution in [-0.4, -0.2) is 35.1 Å². The number of halogens is 2. The summed E-state index contributed by atoms with van der Waals surface area (Å²) >= 11 is 12.1. The molecule has 0 fully saturated rings. The van der Waals surface area contributed by atoms with Crippen LogP contribution in [0.2, 0.25) is 10.0 Å². The number of aromatic amines is 1. The molecule has 10 nitrogen and oxygen atoms in total. The second-order valence-corrected chi connectivity index (χ2v) is 8.34. The Bertz CT molecular complexity index is 1480. The van der Waals surface area contributed by atoms with Gasteiger partial charge in [0, 0.05) is 16.8 Å². The monoisotopic (exact) mass is 494 g/mol. The average molecular weight is 495 g/mol. The number of nitrogens with one attached hydrogen (secondary N) is 2. The highest BCUT2D eigenvalue weighted by atomic mass is 35.5. The van der Waals surface area contributed by atoms with Crippen LogP contribution in [0.1, 0.15) is 23.0 Å². The zero-order valence-corrected chi connectivity index (χ0v) is 18.9. The summed E-state index contributed by atoms with van der Waals surface area (Å²) in [5, 5.41) is 27.9. The van der Waals surface area contributed by atoms with Crippen molar-refractivity contribution in [1.82, 2.24) is 30.2 Å². The lowest BCUT2D eigenvalue weighted by atomic mass is 10.0. The molecule has 0 saturated heterocycles. The van der Waals surface area contributed by atoms with Gasteiger partial charge < -0.3 is 10.3 Å². The Hall–Kier alpha value is -4.02. The molecule has 2 heterocycles. The first-order chi connectivity index (χ1) is 16.5. The topological polar surface area (TPSA) is 127 Å². The molecule has 0 spiro atoms. The quantitative estimate of drug-likeness (QED) is 0.240. The Morgan fingerprint density at radius 2 is 1.91 bits per heavy atom. The summed E-state index contributed by atoms with van der Waals surface area (Å²) in [6.45, 7) is 0.382. The molecule has 0 radical (unpaired) electrons. The molecule has 0 bridgehead atoms. The van der Waals surface area contributed by atoms with Crippen LogP contribution in [0.4, 0.5) is 11.4 Å². The minimum absolute atomic E-state index is 0.0483. The van der Waals surface area contributed by atoms with E-state index in [0.29, 0.717) is 23.0 Å². The lowest BCUT2D eigenvalue weighted by molar-refractivity contribution is -0.384. The van der Waals surface area contributed by atoms with Crippen LogP contribution in [0, 0.1) is 10.1 Å². The number of H-pyrrole nitrogens is 1. The molecular weight excluding hydrogens is 479 g/mol. The number of nitro groups is 1. The van der Waals surface area contributed by atoms with Crippen molar-refractivity contribution >= 4 is 45.6 Å². The van der Waals surface area contributed by atoms with Gasteiger partial charge in [0.2, 0.25) is 0 Å². The molecule has 34 heavy (non-hydrogen) atoms. The number of tetrazole rings is 1. The first-order valence-electron chi connectivity index (χ1n) is 10.1. The van der Waals surface area contributed by atoms with Gasteiger partial charge in [0.15, 0.2) is 5.82 Å². The maximum Gasteiger partial charge on any atom is 0.288 e. The number of hydrogen-bond donors (Lipinski definition) is 2. The number of hydrogen-bond acceptors (Lipinski definition) is 7. The fourth-order valence-corrected chi connectivity index (χ4v) is 3.94. The van der Waals surface area contributed by atoms with E-state index in [9.17, 15) is 10.1 Å². The summed E-state index contributed by atoms with van der Waals surface area (Å²) in [6, 6.07) is 17.0. The molecule has 3 aromatic carbocycles. The summed E-state index contributed by atoms with van der Waals surface area (Å²) in [7, 11) is 0. The van der Waals surface area contributed by atoms with Gasteiger partial charge in [-0.15, -0.1) is 5.10 Å². The molecule has 0 amide bonds. The Labute approximate surface area is 202 Å². The minimum atomic E-state index is -0.612. The van der Waals surface area contributed by atoms with E-state index in [4.69, 9.17) is 23.2 Å². The van der Waals surface area contributed by atoms with Crippen LogP contribution in [-0.2, 0) is 6.54 Å². The minimum Gasteiger partial charge on any atom is -0.371 e.